The van der Waals surface area contributed by atoms with Crippen LogP contribution in [0.5, 0.6) is 0 Å². The molecule has 0 aliphatic carbocycles. The van der Waals surface area contributed by atoms with Crippen molar-refractivity contribution in [2.75, 3.05) is 6.26 Å². The lowest BCUT2D eigenvalue weighted by Crippen LogP contribution is -2.05. The number of halogens is 3. The van der Waals surface area contributed by atoms with E-state index < -0.39 is 10.9 Å². The third kappa shape index (κ3) is 3.31. The predicted molar refractivity (Wildman–Crippen MR) is 66.4 cm³/mol. The first-order valence-electron chi connectivity index (χ1n) is 3.85. The molecule has 0 saturated heterocycles. The van der Waals surface area contributed by atoms with Crippen molar-refractivity contribution in [2.24, 2.45) is 0 Å². The van der Waals surface area contributed by atoms with E-state index in [1.54, 1.807) is 11.8 Å². The van der Waals surface area contributed by atoms with Crippen molar-refractivity contribution < 1.29 is 5.11 Å². The highest BCUT2D eigenvalue weighted by atomic mass is 79.9. The number of aliphatic hydroxyl groups is 1. The van der Waals surface area contributed by atoms with Crippen LogP contribution in [0.2, 0.25) is 0 Å². The Balaban J connectivity index is 3.02. The van der Waals surface area contributed by atoms with Crippen LogP contribution >= 0.6 is 50.9 Å². The summed E-state index contributed by atoms with van der Waals surface area (Å²) in [4.78, 5) is 0.251. The fraction of sp³-hybridized carbons (Fsp3) is 0.333. The van der Waals surface area contributed by atoms with Gasteiger partial charge in [0.2, 0.25) is 0 Å². The maximum atomic E-state index is 9.65. The molecule has 0 heterocycles. The van der Waals surface area contributed by atoms with Crippen molar-refractivity contribution in [2.45, 2.75) is 15.8 Å². The molecule has 1 N–H and O–H groups in total. The number of hydrogen-bond donors (Lipinski definition) is 1. The number of hydrogen-bond acceptors (Lipinski definition) is 2. The van der Waals surface area contributed by atoms with Crippen LogP contribution < -0.4 is 0 Å². The average molecular weight is 316 g/mol. The maximum absolute atomic E-state index is 9.65. The van der Waals surface area contributed by atoms with Crippen molar-refractivity contribution in [3.63, 3.8) is 0 Å². The minimum atomic E-state index is -0.846. The Hall–Kier alpha value is 0.590. The Morgan fingerprint density at radius 3 is 2.50 bits per heavy atom. The molecule has 0 aliphatic heterocycles. The number of rotatable bonds is 3. The van der Waals surface area contributed by atoms with Gasteiger partial charge in [0.25, 0.3) is 0 Å². The van der Waals surface area contributed by atoms with E-state index in [9.17, 15) is 5.11 Å². The van der Waals surface area contributed by atoms with E-state index in [1.165, 1.54) is 0 Å². The van der Waals surface area contributed by atoms with E-state index in [-0.39, 0.29) is 0 Å². The van der Waals surface area contributed by atoms with Gasteiger partial charge in [-0.2, -0.15) is 0 Å². The Kier molecular flexibility index (Phi) is 5.08. The number of aliphatic hydroxyl groups excluding tert-OH is 1. The average Bonchev–Trinajstić information content (AvgIpc) is 2.15. The van der Waals surface area contributed by atoms with Gasteiger partial charge in [0.15, 0.2) is 0 Å². The fourth-order valence-electron chi connectivity index (χ4n) is 1.02. The summed E-state index contributed by atoms with van der Waals surface area (Å²) < 4.78 is 0.910. The summed E-state index contributed by atoms with van der Waals surface area (Å²) in [5, 5.41) is 9.65. The second-order valence-corrected chi connectivity index (χ2v) is 5.66. The van der Waals surface area contributed by atoms with Gasteiger partial charge in [-0.25, -0.2) is 0 Å². The summed E-state index contributed by atoms with van der Waals surface area (Å²) >= 11 is 16.2. The Labute approximate surface area is 106 Å². The molecule has 0 spiro atoms. The lowest BCUT2D eigenvalue weighted by atomic mass is 10.1. The van der Waals surface area contributed by atoms with E-state index in [0.717, 1.165) is 14.9 Å². The summed E-state index contributed by atoms with van der Waals surface area (Å²) in [5.41, 5.74) is 0.721. The van der Waals surface area contributed by atoms with Crippen LogP contribution in [0.1, 0.15) is 11.7 Å². The van der Waals surface area contributed by atoms with E-state index in [4.69, 9.17) is 23.2 Å². The summed E-state index contributed by atoms with van der Waals surface area (Å²) in [6.45, 7) is 0. The van der Waals surface area contributed by atoms with Crippen molar-refractivity contribution in [3.8, 4) is 0 Å². The van der Waals surface area contributed by atoms with Gasteiger partial charge in [-0.15, -0.1) is 35.0 Å². The standard InChI is InChI=1S/C9H9BrCl2OS/c1-14-7-3-5(2-6(10)4-7)8(13)9(11)12/h2-4,8-9,13H,1H3. The predicted octanol–water partition coefficient (Wildman–Crippen LogP) is 4.01. The molecule has 0 aromatic heterocycles. The smallest absolute Gasteiger partial charge is 0.137 e. The zero-order chi connectivity index (χ0) is 10.7. The van der Waals surface area contributed by atoms with Gasteiger partial charge in [-0.3, -0.25) is 0 Å². The molecule has 0 amide bonds. The monoisotopic (exact) mass is 314 g/mol. The van der Waals surface area contributed by atoms with Gasteiger partial charge >= 0.3 is 0 Å². The summed E-state index contributed by atoms with van der Waals surface area (Å²) in [5.74, 6) is 0. The summed E-state index contributed by atoms with van der Waals surface area (Å²) in [6, 6.07) is 5.65. The fourth-order valence-corrected chi connectivity index (χ4v) is 2.47. The Bertz CT molecular complexity index is 320. The van der Waals surface area contributed by atoms with Gasteiger partial charge in [-0.05, 0) is 30.0 Å². The van der Waals surface area contributed by atoms with Crippen molar-refractivity contribution in [1.82, 2.24) is 0 Å². The Morgan fingerprint density at radius 2 is 2.00 bits per heavy atom. The van der Waals surface area contributed by atoms with Crippen LogP contribution in [0.25, 0.3) is 0 Å². The normalized spacial score (nSPS) is 13.3. The molecule has 78 valence electrons. The molecule has 1 rings (SSSR count). The van der Waals surface area contributed by atoms with Gasteiger partial charge in [-0.1, -0.05) is 15.9 Å². The van der Waals surface area contributed by atoms with Crippen molar-refractivity contribution in [1.29, 1.82) is 0 Å². The van der Waals surface area contributed by atoms with E-state index in [2.05, 4.69) is 15.9 Å². The number of alkyl halides is 2. The molecule has 0 fully saturated rings. The molecule has 1 unspecified atom stereocenters. The van der Waals surface area contributed by atoms with Gasteiger partial charge in [0, 0.05) is 9.37 Å². The second kappa shape index (κ2) is 5.61. The molecule has 0 saturated carbocycles. The molecule has 0 bridgehead atoms. The van der Waals surface area contributed by atoms with Crippen LogP contribution in [-0.2, 0) is 0 Å². The van der Waals surface area contributed by atoms with E-state index in [0.29, 0.717) is 0 Å². The van der Waals surface area contributed by atoms with E-state index >= 15 is 0 Å². The van der Waals surface area contributed by atoms with Gasteiger partial charge in [0.05, 0.1) is 0 Å². The molecule has 1 aromatic rings. The van der Waals surface area contributed by atoms with Crippen LogP contribution in [0.4, 0.5) is 0 Å². The molecular formula is C9H9BrCl2OS. The molecule has 1 aromatic carbocycles. The highest BCUT2D eigenvalue weighted by Crippen LogP contribution is 2.30. The van der Waals surface area contributed by atoms with Crippen LogP contribution in [0.15, 0.2) is 27.6 Å². The third-order valence-corrected chi connectivity index (χ3v) is 3.35. The van der Waals surface area contributed by atoms with Crippen molar-refractivity contribution >= 4 is 50.9 Å². The highest BCUT2D eigenvalue weighted by molar-refractivity contribution is 9.10. The molecule has 1 atom stereocenters. The summed E-state index contributed by atoms with van der Waals surface area (Å²) in [6.07, 6.45) is 1.12. The first kappa shape index (κ1) is 12.7. The number of thioether (sulfide) groups is 1. The molecule has 1 nitrogen and oxygen atoms in total. The van der Waals surface area contributed by atoms with Crippen LogP contribution in [0, 0.1) is 0 Å². The second-order valence-electron chi connectivity index (χ2n) is 2.70. The van der Waals surface area contributed by atoms with Crippen LogP contribution in [0.3, 0.4) is 0 Å². The first-order chi connectivity index (χ1) is 6.54. The lowest BCUT2D eigenvalue weighted by molar-refractivity contribution is 0.192. The SMILES string of the molecule is CSc1cc(Br)cc(C(O)C(Cl)Cl)c1. The molecule has 14 heavy (non-hydrogen) atoms. The lowest BCUT2D eigenvalue weighted by Gasteiger charge is -2.13. The van der Waals surface area contributed by atoms with E-state index in [1.807, 2.05) is 24.5 Å². The minimum absolute atomic E-state index is 0.721. The number of benzene rings is 1. The zero-order valence-corrected chi connectivity index (χ0v) is 11.3. The molecule has 0 radical (unpaired) electrons. The van der Waals surface area contributed by atoms with Crippen molar-refractivity contribution in [3.05, 3.63) is 28.2 Å². The first-order valence-corrected chi connectivity index (χ1v) is 6.74. The maximum Gasteiger partial charge on any atom is 0.137 e. The third-order valence-electron chi connectivity index (χ3n) is 1.71. The van der Waals surface area contributed by atoms with Crippen LogP contribution in [-0.4, -0.2) is 16.2 Å². The minimum Gasteiger partial charge on any atom is -0.386 e. The Morgan fingerprint density at radius 1 is 1.36 bits per heavy atom. The van der Waals surface area contributed by atoms with Gasteiger partial charge < -0.3 is 5.11 Å². The summed E-state index contributed by atoms with van der Waals surface area (Å²) in [7, 11) is 0. The molecular weight excluding hydrogens is 307 g/mol. The topological polar surface area (TPSA) is 20.2 Å². The highest BCUT2D eigenvalue weighted by Gasteiger charge is 2.16. The quantitative estimate of drug-likeness (QED) is 0.672. The molecule has 0 aliphatic rings. The zero-order valence-electron chi connectivity index (χ0n) is 7.38. The van der Waals surface area contributed by atoms with Gasteiger partial charge in [0.1, 0.15) is 10.9 Å². The largest absolute Gasteiger partial charge is 0.386 e. The molecule has 5 heteroatoms.